The predicted molar refractivity (Wildman–Crippen MR) is 39.7 cm³/mol. The number of rotatable bonds is 2. The van der Waals surface area contributed by atoms with Crippen LogP contribution in [0, 0.1) is 22.7 Å². The molecule has 0 aromatic heterocycles. The van der Waals surface area contributed by atoms with Gasteiger partial charge < -0.3 is 0 Å². The lowest BCUT2D eigenvalue weighted by atomic mass is 10.2. The number of alkyl halides is 2. The minimum atomic E-state index is 0.0477. The van der Waals surface area contributed by atoms with E-state index in [-0.39, 0.29) is 22.9 Å². The molecule has 0 aromatic carbocycles. The first kappa shape index (κ1) is 9.30. The van der Waals surface area contributed by atoms with Crippen molar-refractivity contribution in [3.63, 3.8) is 0 Å². The third-order valence-electron chi connectivity index (χ3n) is 0.901. The van der Waals surface area contributed by atoms with Crippen molar-refractivity contribution in [2.45, 2.75) is 0 Å². The lowest BCUT2D eigenvalue weighted by Gasteiger charge is -1.91. The van der Waals surface area contributed by atoms with Crippen LogP contribution >= 0.6 is 23.2 Å². The SMILES string of the molecule is N#CC(CCl)=C(C#N)CCl. The van der Waals surface area contributed by atoms with Crippen LogP contribution < -0.4 is 0 Å². The Kier molecular flexibility index (Phi) is 4.76. The van der Waals surface area contributed by atoms with Gasteiger partial charge in [-0.1, -0.05) is 0 Å². The molecule has 0 amide bonds. The van der Waals surface area contributed by atoms with E-state index in [9.17, 15) is 0 Å². The van der Waals surface area contributed by atoms with Crippen LogP contribution in [0.1, 0.15) is 0 Å². The zero-order chi connectivity index (χ0) is 7.98. The van der Waals surface area contributed by atoms with Crippen molar-refractivity contribution in [3.05, 3.63) is 11.1 Å². The molecule has 0 saturated heterocycles. The van der Waals surface area contributed by atoms with Crippen molar-refractivity contribution in [2.24, 2.45) is 0 Å². The molecule has 0 saturated carbocycles. The minimum absolute atomic E-state index is 0.0477. The number of nitriles is 2. The Bertz CT molecular complexity index is 195. The Morgan fingerprint density at radius 2 is 1.30 bits per heavy atom. The summed E-state index contributed by atoms with van der Waals surface area (Å²) in [6.45, 7) is 0. The van der Waals surface area contributed by atoms with Crippen LogP contribution in [0.5, 0.6) is 0 Å². The summed E-state index contributed by atoms with van der Waals surface area (Å²) in [5.41, 5.74) is 0.498. The summed E-state index contributed by atoms with van der Waals surface area (Å²) in [6.07, 6.45) is 0. The van der Waals surface area contributed by atoms with Gasteiger partial charge in [-0.05, 0) is 0 Å². The van der Waals surface area contributed by atoms with Gasteiger partial charge in [-0.2, -0.15) is 10.5 Å². The monoisotopic (exact) mass is 174 g/mol. The van der Waals surface area contributed by atoms with E-state index >= 15 is 0 Å². The number of allylic oxidation sites excluding steroid dienone is 2. The molecule has 0 heterocycles. The molecule has 0 aromatic rings. The molecule has 0 aliphatic rings. The lowest BCUT2D eigenvalue weighted by Crippen LogP contribution is -1.90. The fourth-order valence-electron chi connectivity index (χ4n) is 0.356. The van der Waals surface area contributed by atoms with E-state index in [4.69, 9.17) is 33.7 Å². The summed E-state index contributed by atoms with van der Waals surface area (Å²) in [5, 5.41) is 16.7. The molecule has 52 valence electrons. The molecule has 0 spiro atoms. The van der Waals surface area contributed by atoms with E-state index in [1.807, 2.05) is 0 Å². The molecule has 0 unspecified atom stereocenters. The summed E-state index contributed by atoms with van der Waals surface area (Å²) < 4.78 is 0. The summed E-state index contributed by atoms with van der Waals surface area (Å²) in [4.78, 5) is 0. The Balaban J connectivity index is 4.62. The largest absolute Gasteiger partial charge is 0.193 e. The standard InChI is InChI=1S/C6H4Cl2N2/c7-1-5(3-9)6(2-8)4-10/h1-2H2. The van der Waals surface area contributed by atoms with E-state index in [1.54, 1.807) is 12.1 Å². The van der Waals surface area contributed by atoms with Gasteiger partial charge in [-0.25, -0.2) is 0 Å². The Labute approximate surface area is 69.3 Å². The highest BCUT2D eigenvalue weighted by molar-refractivity contribution is 6.21. The molecule has 0 N–H and O–H groups in total. The van der Waals surface area contributed by atoms with Gasteiger partial charge in [-0.15, -0.1) is 23.2 Å². The summed E-state index contributed by atoms with van der Waals surface area (Å²) >= 11 is 10.7. The van der Waals surface area contributed by atoms with Crippen molar-refractivity contribution < 1.29 is 0 Å². The summed E-state index contributed by atoms with van der Waals surface area (Å²) in [6, 6.07) is 3.59. The average Bonchev–Trinajstić information content (AvgIpc) is 2.00. The van der Waals surface area contributed by atoms with Crippen LogP contribution in [0.15, 0.2) is 11.1 Å². The molecule has 2 nitrogen and oxygen atoms in total. The maximum Gasteiger partial charge on any atom is 0.0970 e. The topological polar surface area (TPSA) is 47.6 Å². The van der Waals surface area contributed by atoms with Gasteiger partial charge in [0.15, 0.2) is 0 Å². The van der Waals surface area contributed by atoms with Crippen LogP contribution in [-0.4, -0.2) is 11.8 Å². The zero-order valence-corrected chi connectivity index (χ0v) is 6.58. The number of hydrogen-bond acceptors (Lipinski definition) is 2. The smallest absolute Gasteiger partial charge is 0.0970 e. The first-order chi connectivity index (χ1) is 4.79. The van der Waals surface area contributed by atoms with Crippen LogP contribution in [0.3, 0.4) is 0 Å². The van der Waals surface area contributed by atoms with Gasteiger partial charge >= 0.3 is 0 Å². The van der Waals surface area contributed by atoms with E-state index in [0.717, 1.165) is 0 Å². The third-order valence-corrected chi connectivity index (χ3v) is 1.44. The normalized spacial score (nSPS) is 11.2. The Morgan fingerprint density at radius 1 is 1.00 bits per heavy atom. The molecule has 0 radical (unpaired) electrons. The molecule has 0 bridgehead atoms. The quantitative estimate of drug-likeness (QED) is 0.474. The van der Waals surface area contributed by atoms with Crippen LogP contribution in [-0.2, 0) is 0 Å². The second kappa shape index (κ2) is 5.11. The van der Waals surface area contributed by atoms with Crippen molar-refractivity contribution in [2.75, 3.05) is 11.8 Å². The molecular weight excluding hydrogens is 171 g/mol. The van der Waals surface area contributed by atoms with Crippen molar-refractivity contribution in [3.8, 4) is 12.1 Å². The predicted octanol–water partition coefficient (Wildman–Crippen LogP) is 1.81. The van der Waals surface area contributed by atoms with E-state index in [1.165, 1.54) is 0 Å². The number of hydrogen-bond donors (Lipinski definition) is 0. The van der Waals surface area contributed by atoms with E-state index in [2.05, 4.69) is 0 Å². The molecular formula is C6H4Cl2N2. The second-order valence-electron chi connectivity index (χ2n) is 1.45. The summed E-state index contributed by atoms with van der Waals surface area (Å²) in [5.74, 6) is 0.0955. The average molecular weight is 175 g/mol. The van der Waals surface area contributed by atoms with Gasteiger partial charge in [0.2, 0.25) is 0 Å². The highest BCUT2D eigenvalue weighted by Crippen LogP contribution is 2.06. The van der Waals surface area contributed by atoms with Gasteiger partial charge in [0, 0.05) is 0 Å². The van der Waals surface area contributed by atoms with E-state index in [0.29, 0.717) is 0 Å². The Hall–Kier alpha value is -0.700. The zero-order valence-electron chi connectivity index (χ0n) is 5.06. The first-order valence-corrected chi connectivity index (χ1v) is 3.51. The maximum atomic E-state index is 8.36. The van der Waals surface area contributed by atoms with Crippen molar-refractivity contribution >= 4 is 23.2 Å². The molecule has 0 atom stereocenters. The minimum Gasteiger partial charge on any atom is -0.193 e. The highest BCUT2D eigenvalue weighted by atomic mass is 35.5. The maximum absolute atomic E-state index is 8.36. The molecule has 4 heteroatoms. The van der Waals surface area contributed by atoms with Crippen LogP contribution in [0.2, 0.25) is 0 Å². The molecule has 0 fully saturated rings. The molecule has 0 rings (SSSR count). The van der Waals surface area contributed by atoms with Gasteiger partial charge in [0.1, 0.15) is 0 Å². The number of halogens is 2. The first-order valence-electron chi connectivity index (χ1n) is 2.44. The van der Waals surface area contributed by atoms with Gasteiger partial charge in [0.05, 0.1) is 35.0 Å². The second-order valence-corrected chi connectivity index (χ2v) is 1.98. The lowest BCUT2D eigenvalue weighted by molar-refractivity contribution is 1.35. The van der Waals surface area contributed by atoms with Crippen molar-refractivity contribution in [1.29, 1.82) is 10.5 Å². The fourth-order valence-corrected chi connectivity index (χ4v) is 0.798. The van der Waals surface area contributed by atoms with Crippen molar-refractivity contribution in [1.82, 2.24) is 0 Å². The highest BCUT2D eigenvalue weighted by Gasteiger charge is 2.01. The van der Waals surface area contributed by atoms with Gasteiger partial charge in [-0.3, -0.25) is 0 Å². The van der Waals surface area contributed by atoms with Gasteiger partial charge in [0.25, 0.3) is 0 Å². The fraction of sp³-hybridized carbons (Fsp3) is 0.333. The van der Waals surface area contributed by atoms with E-state index < -0.39 is 0 Å². The Morgan fingerprint density at radius 3 is 1.40 bits per heavy atom. The van der Waals surface area contributed by atoms with Crippen LogP contribution in [0.25, 0.3) is 0 Å². The molecule has 0 aliphatic heterocycles. The number of nitrogens with zero attached hydrogens (tertiary/aromatic N) is 2. The summed E-state index contributed by atoms with van der Waals surface area (Å²) in [7, 11) is 0. The molecule has 10 heavy (non-hydrogen) atoms. The van der Waals surface area contributed by atoms with Crippen LogP contribution in [0.4, 0.5) is 0 Å². The third kappa shape index (κ3) is 2.27. The molecule has 0 aliphatic carbocycles.